The molecule has 0 aliphatic carbocycles. The zero-order chi connectivity index (χ0) is 12.1. The Labute approximate surface area is 99.1 Å². The number of rotatable bonds is 6. The van der Waals surface area contributed by atoms with Gasteiger partial charge in [-0.3, -0.25) is 4.79 Å². The fourth-order valence-corrected chi connectivity index (χ4v) is 2.22. The third kappa shape index (κ3) is 3.59. The predicted molar refractivity (Wildman–Crippen MR) is 63.6 cm³/mol. The first-order chi connectivity index (χ1) is 7.52. The van der Waals surface area contributed by atoms with Gasteiger partial charge in [-0.1, -0.05) is 6.07 Å². The molecule has 5 heteroatoms. The molecule has 0 saturated carbocycles. The van der Waals surface area contributed by atoms with Crippen LogP contribution in [0.15, 0.2) is 17.5 Å². The summed E-state index contributed by atoms with van der Waals surface area (Å²) in [6.45, 7) is 2.34. The molecule has 4 nitrogen and oxygen atoms in total. The summed E-state index contributed by atoms with van der Waals surface area (Å²) in [6.07, 6.45) is -0.461. The molecule has 0 radical (unpaired) electrons. The van der Waals surface area contributed by atoms with E-state index in [2.05, 4.69) is 0 Å². The molecule has 0 spiro atoms. The molecule has 0 amide bonds. The largest absolute Gasteiger partial charge is 0.481 e. The maximum atomic E-state index is 10.4. The van der Waals surface area contributed by atoms with Crippen molar-refractivity contribution in [2.75, 3.05) is 13.6 Å². The number of hydrogen-bond acceptors (Lipinski definition) is 4. The highest BCUT2D eigenvalue weighted by molar-refractivity contribution is 7.10. The number of thiophene rings is 1. The Morgan fingerprint density at radius 1 is 1.62 bits per heavy atom. The van der Waals surface area contributed by atoms with E-state index < -0.39 is 12.1 Å². The minimum Gasteiger partial charge on any atom is -0.481 e. The number of nitrogens with zero attached hydrogens (tertiary/aromatic N) is 1. The first kappa shape index (κ1) is 13.2. The van der Waals surface area contributed by atoms with Gasteiger partial charge >= 0.3 is 5.97 Å². The zero-order valence-electron chi connectivity index (χ0n) is 9.46. The molecular formula is C11H17NO3S. The molecule has 2 atom stereocenters. The van der Waals surface area contributed by atoms with Gasteiger partial charge in [0.2, 0.25) is 0 Å². The van der Waals surface area contributed by atoms with Crippen molar-refractivity contribution in [1.29, 1.82) is 0 Å². The standard InChI is InChI=1S/C11H17NO3S/c1-8(12(2)6-5-10(13)14)11(15)9-4-3-7-16-9/h3-4,7-8,11,15H,5-6H2,1-2H3,(H,13,14). The summed E-state index contributed by atoms with van der Waals surface area (Å²) >= 11 is 1.51. The topological polar surface area (TPSA) is 60.8 Å². The number of aliphatic hydroxyl groups excluding tert-OH is 1. The Balaban J connectivity index is 2.49. The first-order valence-electron chi connectivity index (χ1n) is 5.16. The summed E-state index contributed by atoms with van der Waals surface area (Å²) < 4.78 is 0. The molecule has 0 aliphatic rings. The highest BCUT2D eigenvalue weighted by atomic mass is 32.1. The van der Waals surface area contributed by atoms with Gasteiger partial charge in [-0.2, -0.15) is 0 Å². The summed E-state index contributed by atoms with van der Waals surface area (Å²) in [5, 5.41) is 20.5. The van der Waals surface area contributed by atoms with E-state index in [1.165, 1.54) is 11.3 Å². The fourth-order valence-electron chi connectivity index (χ4n) is 1.41. The van der Waals surface area contributed by atoms with E-state index in [1.54, 1.807) is 0 Å². The molecule has 0 bridgehead atoms. The van der Waals surface area contributed by atoms with Crippen molar-refractivity contribution in [3.8, 4) is 0 Å². The molecule has 0 fully saturated rings. The average molecular weight is 243 g/mol. The molecule has 2 unspecified atom stereocenters. The Bertz CT molecular complexity index is 326. The van der Waals surface area contributed by atoms with Crippen LogP contribution in [0.4, 0.5) is 0 Å². The summed E-state index contributed by atoms with van der Waals surface area (Å²) in [7, 11) is 1.82. The van der Waals surface area contributed by atoms with Crippen LogP contribution in [-0.4, -0.2) is 40.7 Å². The normalized spacial score (nSPS) is 15.0. The lowest BCUT2D eigenvalue weighted by Gasteiger charge is -2.27. The van der Waals surface area contributed by atoms with Gasteiger partial charge in [-0.05, 0) is 25.4 Å². The third-order valence-electron chi connectivity index (χ3n) is 2.67. The molecule has 0 saturated heterocycles. The second-order valence-electron chi connectivity index (χ2n) is 3.83. The molecule has 1 aromatic rings. The molecule has 1 rings (SSSR count). The van der Waals surface area contributed by atoms with Crippen molar-refractivity contribution in [1.82, 2.24) is 4.90 Å². The molecular weight excluding hydrogens is 226 g/mol. The van der Waals surface area contributed by atoms with E-state index in [0.29, 0.717) is 6.54 Å². The van der Waals surface area contributed by atoms with Crippen molar-refractivity contribution in [3.63, 3.8) is 0 Å². The lowest BCUT2D eigenvalue weighted by molar-refractivity contribution is -0.137. The predicted octanol–water partition coefficient (Wildman–Crippen LogP) is 1.58. The number of aliphatic hydroxyl groups is 1. The van der Waals surface area contributed by atoms with Gasteiger partial charge in [0.05, 0.1) is 6.42 Å². The summed E-state index contributed by atoms with van der Waals surface area (Å²) in [5.41, 5.74) is 0. The number of carboxylic acids is 1. The van der Waals surface area contributed by atoms with Gasteiger partial charge in [-0.15, -0.1) is 11.3 Å². The number of likely N-dealkylation sites (N-methyl/N-ethyl adjacent to an activating group) is 1. The van der Waals surface area contributed by atoms with Crippen molar-refractivity contribution < 1.29 is 15.0 Å². The third-order valence-corrected chi connectivity index (χ3v) is 3.61. The summed E-state index contributed by atoms with van der Waals surface area (Å²) in [5.74, 6) is -0.815. The van der Waals surface area contributed by atoms with E-state index in [4.69, 9.17) is 5.11 Å². The van der Waals surface area contributed by atoms with E-state index in [1.807, 2.05) is 36.4 Å². The number of carboxylic acid groups (broad SMARTS) is 1. The van der Waals surface area contributed by atoms with E-state index in [-0.39, 0.29) is 12.5 Å². The van der Waals surface area contributed by atoms with Gasteiger partial charge in [0.25, 0.3) is 0 Å². The van der Waals surface area contributed by atoms with Crippen LogP contribution in [0, 0.1) is 0 Å². The van der Waals surface area contributed by atoms with Gasteiger partial charge in [-0.25, -0.2) is 0 Å². The van der Waals surface area contributed by atoms with Crippen LogP contribution in [0.3, 0.4) is 0 Å². The smallest absolute Gasteiger partial charge is 0.304 e. The monoisotopic (exact) mass is 243 g/mol. The van der Waals surface area contributed by atoms with Gasteiger partial charge in [0.15, 0.2) is 0 Å². The lowest BCUT2D eigenvalue weighted by Crippen LogP contribution is -2.35. The van der Waals surface area contributed by atoms with Crippen LogP contribution in [0.5, 0.6) is 0 Å². The number of carbonyl (C=O) groups is 1. The van der Waals surface area contributed by atoms with Crippen LogP contribution in [0.25, 0.3) is 0 Å². The van der Waals surface area contributed by atoms with E-state index in [0.717, 1.165) is 4.88 Å². The van der Waals surface area contributed by atoms with E-state index in [9.17, 15) is 9.90 Å². The number of hydrogen-bond donors (Lipinski definition) is 2. The molecule has 16 heavy (non-hydrogen) atoms. The summed E-state index contributed by atoms with van der Waals surface area (Å²) in [4.78, 5) is 13.2. The van der Waals surface area contributed by atoms with Crippen LogP contribution in [-0.2, 0) is 4.79 Å². The van der Waals surface area contributed by atoms with Crippen molar-refractivity contribution >= 4 is 17.3 Å². The van der Waals surface area contributed by atoms with Crippen LogP contribution in [0.2, 0.25) is 0 Å². The Morgan fingerprint density at radius 2 is 2.31 bits per heavy atom. The van der Waals surface area contributed by atoms with Gasteiger partial charge < -0.3 is 15.1 Å². The second-order valence-corrected chi connectivity index (χ2v) is 4.80. The van der Waals surface area contributed by atoms with Crippen molar-refractivity contribution in [3.05, 3.63) is 22.4 Å². The molecule has 90 valence electrons. The maximum absolute atomic E-state index is 10.4. The van der Waals surface area contributed by atoms with Gasteiger partial charge in [0.1, 0.15) is 6.10 Å². The summed E-state index contributed by atoms with van der Waals surface area (Å²) in [6, 6.07) is 3.70. The average Bonchev–Trinajstić information content (AvgIpc) is 2.77. The minimum atomic E-state index is -0.815. The second kappa shape index (κ2) is 5.98. The van der Waals surface area contributed by atoms with Crippen LogP contribution in [0.1, 0.15) is 24.3 Å². The van der Waals surface area contributed by atoms with Crippen molar-refractivity contribution in [2.24, 2.45) is 0 Å². The van der Waals surface area contributed by atoms with Gasteiger partial charge in [0, 0.05) is 17.5 Å². The van der Waals surface area contributed by atoms with Crippen LogP contribution >= 0.6 is 11.3 Å². The highest BCUT2D eigenvalue weighted by Crippen LogP contribution is 2.24. The zero-order valence-corrected chi connectivity index (χ0v) is 10.3. The molecule has 0 aromatic carbocycles. The fraction of sp³-hybridized carbons (Fsp3) is 0.545. The molecule has 0 aliphatic heterocycles. The highest BCUT2D eigenvalue weighted by Gasteiger charge is 2.21. The Morgan fingerprint density at radius 3 is 2.81 bits per heavy atom. The molecule has 1 aromatic heterocycles. The quantitative estimate of drug-likeness (QED) is 0.796. The maximum Gasteiger partial charge on any atom is 0.304 e. The lowest BCUT2D eigenvalue weighted by atomic mass is 10.1. The Hall–Kier alpha value is -0.910. The van der Waals surface area contributed by atoms with E-state index >= 15 is 0 Å². The first-order valence-corrected chi connectivity index (χ1v) is 6.04. The SMILES string of the molecule is CC(C(O)c1cccs1)N(C)CCC(=O)O. The Kier molecular flexibility index (Phi) is 4.92. The van der Waals surface area contributed by atoms with Crippen molar-refractivity contribution in [2.45, 2.75) is 25.5 Å². The minimum absolute atomic E-state index is 0.0852. The molecule has 1 heterocycles. The van der Waals surface area contributed by atoms with Crippen LogP contribution < -0.4 is 0 Å². The number of aliphatic carboxylic acids is 1. The molecule has 2 N–H and O–H groups in total.